The summed E-state index contributed by atoms with van der Waals surface area (Å²) in [5.74, 6) is -1.67. The van der Waals surface area contributed by atoms with Crippen molar-refractivity contribution in [3.8, 4) is 0 Å². The highest BCUT2D eigenvalue weighted by atomic mass is 32.1. The van der Waals surface area contributed by atoms with Gasteiger partial charge in [-0.05, 0) is 36.6 Å². The van der Waals surface area contributed by atoms with Crippen LogP contribution in [-0.4, -0.2) is 18.1 Å². The van der Waals surface area contributed by atoms with Crippen molar-refractivity contribution in [2.75, 3.05) is 11.9 Å². The van der Waals surface area contributed by atoms with Crippen LogP contribution >= 0.6 is 11.3 Å². The topological polar surface area (TPSA) is 40.5 Å². The number of benzene rings is 1. The second kappa shape index (κ2) is 5.40. The SMILES string of the molecule is CC(c1cccs1)N(C)c1ccc(F)cc1C(=O)O. The molecule has 0 spiro atoms. The van der Waals surface area contributed by atoms with Crippen molar-refractivity contribution in [2.45, 2.75) is 13.0 Å². The predicted octanol–water partition coefficient (Wildman–Crippen LogP) is 3.78. The largest absolute Gasteiger partial charge is 0.478 e. The Hall–Kier alpha value is -1.88. The second-order valence-electron chi connectivity index (χ2n) is 4.27. The summed E-state index contributed by atoms with van der Waals surface area (Å²) in [7, 11) is 1.81. The number of carbonyl (C=O) groups is 1. The lowest BCUT2D eigenvalue weighted by Crippen LogP contribution is -2.23. The van der Waals surface area contributed by atoms with Crippen LogP contribution in [0.5, 0.6) is 0 Å². The van der Waals surface area contributed by atoms with Crippen LogP contribution < -0.4 is 4.90 Å². The highest BCUT2D eigenvalue weighted by Crippen LogP contribution is 2.30. The summed E-state index contributed by atoms with van der Waals surface area (Å²) in [6, 6.07) is 7.81. The molecule has 0 radical (unpaired) electrons. The van der Waals surface area contributed by atoms with E-state index in [1.807, 2.05) is 36.4 Å². The monoisotopic (exact) mass is 279 g/mol. The number of carboxylic acid groups (broad SMARTS) is 1. The Balaban J connectivity index is 2.38. The molecule has 0 aliphatic rings. The Morgan fingerprint density at radius 2 is 2.16 bits per heavy atom. The van der Waals surface area contributed by atoms with E-state index >= 15 is 0 Å². The third-order valence-electron chi connectivity index (χ3n) is 3.10. The number of rotatable bonds is 4. The first-order valence-corrected chi connectivity index (χ1v) is 6.67. The molecule has 19 heavy (non-hydrogen) atoms. The number of hydrogen-bond acceptors (Lipinski definition) is 3. The maximum absolute atomic E-state index is 13.2. The van der Waals surface area contributed by atoms with Crippen LogP contribution in [0.15, 0.2) is 35.7 Å². The van der Waals surface area contributed by atoms with Crippen LogP contribution in [0.2, 0.25) is 0 Å². The van der Waals surface area contributed by atoms with Gasteiger partial charge in [0.2, 0.25) is 0 Å². The van der Waals surface area contributed by atoms with E-state index in [0.29, 0.717) is 5.69 Å². The van der Waals surface area contributed by atoms with Gasteiger partial charge in [0, 0.05) is 11.9 Å². The molecule has 0 aliphatic carbocycles. The van der Waals surface area contributed by atoms with Crippen LogP contribution in [0.4, 0.5) is 10.1 Å². The molecule has 0 fully saturated rings. The molecule has 1 unspecified atom stereocenters. The lowest BCUT2D eigenvalue weighted by Gasteiger charge is -2.27. The number of hydrogen-bond donors (Lipinski definition) is 1. The molecule has 100 valence electrons. The Labute approximate surface area is 114 Å². The van der Waals surface area contributed by atoms with Crippen LogP contribution in [0.1, 0.15) is 28.2 Å². The zero-order valence-electron chi connectivity index (χ0n) is 10.6. The minimum Gasteiger partial charge on any atom is -0.478 e. The average Bonchev–Trinajstić information content (AvgIpc) is 2.90. The zero-order chi connectivity index (χ0) is 14.0. The van der Waals surface area contributed by atoms with E-state index in [1.165, 1.54) is 12.1 Å². The quantitative estimate of drug-likeness (QED) is 0.925. The second-order valence-corrected chi connectivity index (χ2v) is 5.25. The zero-order valence-corrected chi connectivity index (χ0v) is 11.4. The van der Waals surface area contributed by atoms with Crippen molar-refractivity contribution in [3.63, 3.8) is 0 Å². The summed E-state index contributed by atoms with van der Waals surface area (Å²) in [4.78, 5) is 14.2. The third-order valence-corrected chi connectivity index (χ3v) is 4.15. The van der Waals surface area contributed by atoms with Crippen molar-refractivity contribution < 1.29 is 14.3 Å². The van der Waals surface area contributed by atoms with E-state index in [1.54, 1.807) is 11.3 Å². The first-order valence-electron chi connectivity index (χ1n) is 5.79. The molecular weight excluding hydrogens is 265 g/mol. The summed E-state index contributed by atoms with van der Waals surface area (Å²) in [5.41, 5.74) is 0.487. The highest BCUT2D eigenvalue weighted by Gasteiger charge is 2.19. The lowest BCUT2D eigenvalue weighted by atomic mass is 10.1. The molecule has 1 N–H and O–H groups in total. The van der Waals surface area contributed by atoms with Crippen molar-refractivity contribution in [1.82, 2.24) is 0 Å². The first kappa shape index (κ1) is 13.5. The predicted molar refractivity (Wildman–Crippen MR) is 74.5 cm³/mol. The molecule has 1 aromatic carbocycles. The van der Waals surface area contributed by atoms with Gasteiger partial charge in [-0.2, -0.15) is 0 Å². The Morgan fingerprint density at radius 1 is 1.42 bits per heavy atom. The number of aromatic carboxylic acids is 1. The smallest absolute Gasteiger partial charge is 0.337 e. The van der Waals surface area contributed by atoms with Crippen molar-refractivity contribution in [2.24, 2.45) is 0 Å². The van der Waals surface area contributed by atoms with Gasteiger partial charge in [-0.25, -0.2) is 9.18 Å². The highest BCUT2D eigenvalue weighted by molar-refractivity contribution is 7.10. The fourth-order valence-corrected chi connectivity index (χ4v) is 2.74. The average molecular weight is 279 g/mol. The van der Waals surface area contributed by atoms with Gasteiger partial charge in [0.25, 0.3) is 0 Å². The van der Waals surface area contributed by atoms with Gasteiger partial charge in [-0.1, -0.05) is 6.07 Å². The van der Waals surface area contributed by atoms with E-state index in [0.717, 1.165) is 10.9 Å². The molecule has 1 aromatic heterocycles. The Bertz CT molecular complexity index is 583. The number of thiophene rings is 1. The molecule has 0 bridgehead atoms. The number of carboxylic acids is 1. The number of anilines is 1. The molecule has 2 aromatic rings. The summed E-state index contributed by atoms with van der Waals surface area (Å²) < 4.78 is 13.2. The Morgan fingerprint density at radius 3 is 2.74 bits per heavy atom. The molecule has 0 aliphatic heterocycles. The minimum absolute atomic E-state index is 0.0223. The minimum atomic E-state index is -1.13. The first-order chi connectivity index (χ1) is 9.00. The lowest BCUT2D eigenvalue weighted by molar-refractivity contribution is 0.0697. The molecular formula is C14H14FNO2S. The summed E-state index contributed by atoms with van der Waals surface area (Å²) in [6.07, 6.45) is 0. The molecule has 3 nitrogen and oxygen atoms in total. The van der Waals surface area contributed by atoms with Gasteiger partial charge in [0.1, 0.15) is 5.82 Å². The van der Waals surface area contributed by atoms with Crippen LogP contribution in [0.25, 0.3) is 0 Å². The Kier molecular flexibility index (Phi) is 3.85. The van der Waals surface area contributed by atoms with E-state index in [-0.39, 0.29) is 11.6 Å². The van der Waals surface area contributed by atoms with Gasteiger partial charge >= 0.3 is 5.97 Å². The number of nitrogens with zero attached hydrogens (tertiary/aromatic N) is 1. The van der Waals surface area contributed by atoms with Crippen LogP contribution in [-0.2, 0) is 0 Å². The fourth-order valence-electron chi connectivity index (χ4n) is 1.92. The van der Waals surface area contributed by atoms with E-state index in [9.17, 15) is 9.18 Å². The molecule has 0 saturated carbocycles. The molecule has 5 heteroatoms. The fraction of sp³-hybridized carbons (Fsp3) is 0.214. The van der Waals surface area contributed by atoms with E-state index in [4.69, 9.17) is 5.11 Å². The third kappa shape index (κ3) is 2.76. The van der Waals surface area contributed by atoms with Crippen LogP contribution in [0.3, 0.4) is 0 Å². The van der Waals surface area contributed by atoms with Crippen molar-refractivity contribution in [1.29, 1.82) is 0 Å². The van der Waals surface area contributed by atoms with Gasteiger partial charge < -0.3 is 10.0 Å². The summed E-state index contributed by atoms with van der Waals surface area (Å²) >= 11 is 1.61. The van der Waals surface area contributed by atoms with Crippen LogP contribution in [0, 0.1) is 5.82 Å². The summed E-state index contributed by atoms with van der Waals surface area (Å²) in [6.45, 7) is 1.99. The van der Waals surface area contributed by atoms with Gasteiger partial charge in [-0.15, -0.1) is 11.3 Å². The van der Waals surface area contributed by atoms with Gasteiger partial charge in [-0.3, -0.25) is 0 Å². The van der Waals surface area contributed by atoms with Gasteiger partial charge in [0.05, 0.1) is 17.3 Å². The number of halogens is 1. The summed E-state index contributed by atoms with van der Waals surface area (Å²) in [5, 5.41) is 11.1. The molecule has 1 heterocycles. The molecule has 0 saturated heterocycles. The molecule has 1 atom stereocenters. The van der Waals surface area contributed by atoms with Crippen molar-refractivity contribution >= 4 is 23.0 Å². The van der Waals surface area contributed by atoms with Gasteiger partial charge in [0.15, 0.2) is 0 Å². The molecule has 0 amide bonds. The molecule has 2 rings (SSSR count). The normalized spacial score (nSPS) is 12.2. The standard InChI is InChI=1S/C14H14FNO2S/c1-9(13-4-3-7-19-13)16(2)12-6-5-10(15)8-11(12)14(17)18/h3-9H,1-2H3,(H,17,18). The van der Waals surface area contributed by atoms with E-state index < -0.39 is 11.8 Å². The maximum atomic E-state index is 13.2. The maximum Gasteiger partial charge on any atom is 0.337 e. The van der Waals surface area contributed by atoms with Crippen molar-refractivity contribution in [3.05, 3.63) is 52.0 Å². The van der Waals surface area contributed by atoms with E-state index in [2.05, 4.69) is 0 Å².